The molecule has 0 aromatic carbocycles. The van der Waals surface area contributed by atoms with Crippen LogP contribution in [0.4, 0.5) is 0 Å². The zero-order chi connectivity index (χ0) is 13.7. The molecule has 1 aliphatic heterocycles. The number of likely N-dealkylation sites (tertiary alicyclic amines) is 1. The smallest absolute Gasteiger partial charge is 0.0698 e. The first-order valence-electron chi connectivity index (χ1n) is 8.25. The van der Waals surface area contributed by atoms with Crippen molar-refractivity contribution in [3.8, 4) is 0 Å². The molecule has 114 valence electrons. The summed E-state index contributed by atoms with van der Waals surface area (Å²) in [6.45, 7) is 7.01. The second kappa shape index (κ2) is 7.61. The molecule has 2 rings (SSSR count). The number of ether oxygens (including phenoxy) is 1. The topological polar surface area (TPSA) is 24.5 Å². The number of nitrogens with zero attached hydrogens (tertiary/aromatic N) is 1. The third kappa shape index (κ3) is 4.44. The van der Waals surface area contributed by atoms with E-state index in [9.17, 15) is 0 Å². The molecule has 3 nitrogen and oxygen atoms in total. The first-order valence-corrected chi connectivity index (χ1v) is 8.25. The van der Waals surface area contributed by atoms with Crippen LogP contribution in [0.1, 0.15) is 60.2 Å². The number of rotatable bonds is 5. The Labute approximate surface area is 120 Å². The Morgan fingerprint density at radius 1 is 1.26 bits per heavy atom. The molecule has 3 heteroatoms. The minimum absolute atomic E-state index is 0. The van der Waals surface area contributed by atoms with Crippen molar-refractivity contribution in [1.82, 2.24) is 10.2 Å². The van der Waals surface area contributed by atoms with Crippen molar-refractivity contribution in [1.29, 1.82) is 0 Å². The summed E-state index contributed by atoms with van der Waals surface area (Å²) in [7, 11) is 1.86. The van der Waals surface area contributed by atoms with E-state index in [0.717, 1.165) is 18.6 Å². The number of hydrogen-bond acceptors (Lipinski definition) is 3. The third-order valence-electron chi connectivity index (χ3n) is 5.09. The summed E-state index contributed by atoms with van der Waals surface area (Å²) in [5, 5.41) is 3.77. The monoisotopic (exact) mass is 270 g/mol. The molecule has 1 saturated carbocycles. The molecule has 2 fully saturated rings. The molecule has 0 spiro atoms. The lowest BCUT2D eigenvalue weighted by Crippen LogP contribution is -2.49. The van der Waals surface area contributed by atoms with Gasteiger partial charge in [0.15, 0.2) is 0 Å². The maximum Gasteiger partial charge on any atom is 0.0698 e. The number of piperidine rings is 1. The van der Waals surface area contributed by atoms with E-state index in [4.69, 9.17) is 4.74 Å². The van der Waals surface area contributed by atoms with Gasteiger partial charge in [-0.3, -0.25) is 4.90 Å². The van der Waals surface area contributed by atoms with Gasteiger partial charge in [0, 0.05) is 33.2 Å². The molecule has 1 saturated heterocycles. The quantitative estimate of drug-likeness (QED) is 0.831. The lowest BCUT2D eigenvalue weighted by Gasteiger charge is -2.41. The van der Waals surface area contributed by atoms with E-state index < -0.39 is 0 Å². The van der Waals surface area contributed by atoms with Gasteiger partial charge in [-0.25, -0.2) is 0 Å². The Hall–Kier alpha value is -0.120. The maximum atomic E-state index is 5.55. The summed E-state index contributed by atoms with van der Waals surface area (Å²) in [6, 6.07) is 2.25. The van der Waals surface area contributed by atoms with Crippen LogP contribution in [0.2, 0.25) is 0 Å². The van der Waals surface area contributed by atoms with E-state index in [1.165, 1.54) is 51.5 Å². The van der Waals surface area contributed by atoms with Gasteiger partial charge in [0.05, 0.1) is 6.10 Å². The summed E-state index contributed by atoms with van der Waals surface area (Å²) < 4.78 is 5.55. The molecule has 2 atom stereocenters. The van der Waals surface area contributed by atoms with Crippen molar-refractivity contribution in [3.05, 3.63) is 0 Å². The summed E-state index contributed by atoms with van der Waals surface area (Å²) >= 11 is 0. The zero-order valence-corrected chi connectivity index (χ0v) is 13.0. The molecule has 2 aliphatic rings. The molecule has 19 heavy (non-hydrogen) atoms. The predicted octanol–water partition coefficient (Wildman–Crippen LogP) is 3.04. The Bertz CT molecular complexity index is 257. The molecule has 2 unspecified atom stereocenters. The fourth-order valence-electron chi connectivity index (χ4n) is 3.62. The lowest BCUT2D eigenvalue weighted by atomic mass is 9.88. The standard InChI is InChI=1S/C16H32N2O.H2/c1-4-13(2)17-14-7-9-15(10-8-14)18-11-5-6-16(12-18)19-3;/h13-17H,4-12H2,1-3H3;1H. The molecular formula is C16H34N2O. The van der Waals surface area contributed by atoms with Crippen molar-refractivity contribution in [3.63, 3.8) is 0 Å². The van der Waals surface area contributed by atoms with Crippen molar-refractivity contribution in [2.75, 3.05) is 20.2 Å². The highest BCUT2D eigenvalue weighted by atomic mass is 16.5. The molecule has 0 amide bonds. The van der Waals surface area contributed by atoms with E-state index in [-0.39, 0.29) is 1.43 Å². The number of methoxy groups -OCH3 is 1. The summed E-state index contributed by atoms with van der Waals surface area (Å²) in [4.78, 5) is 2.69. The Kier molecular flexibility index (Phi) is 6.11. The molecular weight excluding hydrogens is 236 g/mol. The van der Waals surface area contributed by atoms with Crippen LogP contribution < -0.4 is 5.32 Å². The highest BCUT2D eigenvalue weighted by Crippen LogP contribution is 2.26. The van der Waals surface area contributed by atoms with Gasteiger partial charge in [-0.1, -0.05) is 6.92 Å². The minimum atomic E-state index is 0. The van der Waals surface area contributed by atoms with E-state index in [0.29, 0.717) is 12.1 Å². The van der Waals surface area contributed by atoms with Gasteiger partial charge in [-0.2, -0.15) is 0 Å². The molecule has 1 heterocycles. The highest BCUT2D eigenvalue weighted by Gasteiger charge is 2.29. The van der Waals surface area contributed by atoms with E-state index in [1.54, 1.807) is 0 Å². The molecule has 1 N–H and O–H groups in total. The fraction of sp³-hybridized carbons (Fsp3) is 1.00. The SMILES string of the molecule is CCC(C)NC1CCC(N2CCCC(OC)C2)CC1.[HH]. The molecule has 0 radical (unpaired) electrons. The summed E-state index contributed by atoms with van der Waals surface area (Å²) in [5.41, 5.74) is 0. The average molecular weight is 270 g/mol. The highest BCUT2D eigenvalue weighted by molar-refractivity contribution is 4.86. The zero-order valence-electron chi connectivity index (χ0n) is 13.0. The van der Waals surface area contributed by atoms with E-state index in [2.05, 4.69) is 24.1 Å². The van der Waals surface area contributed by atoms with Crippen LogP contribution in [-0.2, 0) is 4.74 Å². The van der Waals surface area contributed by atoms with Crippen LogP contribution >= 0.6 is 0 Å². The van der Waals surface area contributed by atoms with Crippen molar-refractivity contribution in [2.24, 2.45) is 0 Å². The van der Waals surface area contributed by atoms with Crippen LogP contribution in [0.3, 0.4) is 0 Å². The Morgan fingerprint density at radius 2 is 2.00 bits per heavy atom. The molecule has 1 aliphatic carbocycles. The van der Waals surface area contributed by atoms with Gasteiger partial charge in [0.25, 0.3) is 0 Å². The largest absolute Gasteiger partial charge is 0.380 e. The maximum absolute atomic E-state index is 5.55. The summed E-state index contributed by atoms with van der Waals surface area (Å²) in [6.07, 6.45) is 9.70. The van der Waals surface area contributed by atoms with Gasteiger partial charge in [0.2, 0.25) is 0 Å². The molecule has 0 bridgehead atoms. The van der Waals surface area contributed by atoms with E-state index in [1.807, 2.05) is 7.11 Å². The van der Waals surface area contributed by atoms with Crippen LogP contribution in [0.25, 0.3) is 0 Å². The third-order valence-corrected chi connectivity index (χ3v) is 5.09. The van der Waals surface area contributed by atoms with Gasteiger partial charge in [-0.15, -0.1) is 0 Å². The molecule has 0 aromatic heterocycles. The second-order valence-corrected chi connectivity index (χ2v) is 6.48. The fourth-order valence-corrected chi connectivity index (χ4v) is 3.62. The molecule has 0 aromatic rings. The first-order chi connectivity index (χ1) is 9.22. The van der Waals surface area contributed by atoms with Crippen LogP contribution in [0.5, 0.6) is 0 Å². The van der Waals surface area contributed by atoms with Crippen LogP contribution in [-0.4, -0.2) is 49.3 Å². The van der Waals surface area contributed by atoms with Gasteiger partial charge >= 0.3 is 0 Å². The normalized spacial score (nSPS) is 35.2. The van der Waals surface area contributed by atoms with Crippen molar-refractivity contribution in [2.45, 2.75) is 83.0 Å². The first kappa shape index (κ1) is 15.3. The summed E-state index contributed by atoms with van der Waals surface area (Å²) in [5.74, 6) is 0. The lowest BCUT2D eigenvalue weighted by molar-refractivity contribution is 0.00581. The second-order valence-electron chi connectivity index (χ2n) is 6.48. The van der Waals surface area contributed by atoms with Gasteiger partial charge in [-0.05, 0) is 58.4 Å². The van der Waals surface area contributed by atoms with Gasteiger partial charge in [0.1, 0.15) is 0 Å². The number of hydrogen-bond donors (Lipinski definition) is 1. The van der Waals surface area contributed by atoms with Crippen LogP contribution in [0, 0.1) is 0 Å². The van der Waals surface area contributed by atoms with E-state index >= 15 is 0 Å². The Balaban J connectivity index is 0.00000200. The van der Waals surface area contributed by atoms with Crippen molar-refractivity contribution >= 4 is 0 Å². The number of nitrogens with one attached hydrogen (secondary N) is 1. The van der Waals surface area contributed by atoms with Crippen molar-refractivity contribution < 1.29 is 6.16 Å². The Morgan fingerprint density at radius 3 is 2.63 bits per heavy atom. The average Bonchev–Trinajstić information content (AvgIpc) is 2.48. The van der Waals surface area contributed by atoms with Crippen LogP contribution in [0.15, 0.2) is 0 Å². The van der Waals surface area contributed by atoms with Gasteiger partial charge < -0.3 is 10.1 Å². The minimum Gasteiger partial charge on any atom is -0.380 e. The predicted molar refractivity (Wildman–Crippen MR) is 82.7 cm³/mol.